The first-order valence-electron chi connectivity index (χ1n) is 5.04. The predicted molar refractivity (Wildman–Crippen MR) is 54.8 cm³/mol. The second kappa shape index (κ2) is 3.59. The molecule has 0 saturated carbocycles. The fourth-order valence-electron chi connectivity index (χ4n) is 2.28. The van der Waals surface area contributed by atoms with Gasteiger partial charge in [0.1, 0.15) is 5.82 Å². The summed E-state index contributed by atoms with van der Waals surface area (Å²) in [7, 11) is 0. The molecule has 1 aromatic rings. The highest BCUT2D eigenvalue weighted by Crippen LogP contribution is 2.38. The summed E-state index contributed by atoms with van der Waals surface area (Å²) in [5.74, 6) is -0.195. The van der Waals surface area contributed by atoms with E-state index in [2.05, 4.69) is 4.99 Å². The Bertz CT molecular complexity index is 437. The van der Waals surface area contributed by atoms with Gasteiger partial charge in [0.25, 0.3) is 0 Å². The number of fused-ring (bicyclic) bond motifs is 1. The van der Waals surface area contributed by atoms with E-state index in [1.807, 2.05) is 13.0 Å². The lowest BCUT2D eigenvalue weighted by atomic mass is 9.78. The number of rotatable bonds is 1. The average Bonchev–Trinajstić information content (AvgIpc) is 2.20. The van der Waals surface area contributed by atoms with Gasteiger partial charge in [-0.2, -0.15) is 4.99 Å². The van der Waals surface area contributed by atoms with Crippen molar-refractivity contribution in [3.63, 3.8) is 0 Å². The summed E-state index contributed by atoms with van der Waals surface area (Å²) in [5, 5.41) is 0. The largest absolute Gasteiger partial charge is 0.235 e. The first kappa shape index (κ1) is 10.1. The molecule has 1 unspecified atom stereocenters. The van der Waals surface area contributed by atoms with Crippen molar-refractivity contribution in [2.75, 3.05) is 0 Å². The second-order valence-electron chi connectivity index (χ2n) is 4.10. The number of isocyanates is 1. The van der Waals surface area contributed by atoms with Crippen molar-refractivity contribution in [1.82, 2.24) is 0 Å². The number of nitrogens with zero attached hydrogens (tertiary/aromatic N) is 1. The highest BCUT2D eigenvalue weighted by molar-refractivity contribution is 5.42. The van der Waals surface area contributed by atoms with Crippen molar-refractivity contribution in [3.8, 4) is 0 Å². The minimum absolute atomic E-state index is 0.195. The van der Waals surface area contributed by atoms with E-state index in [1.54, 1.807) is 12.1 Å². The van der Waals surface area contributed by atoms with Crippen LogP contribution in [0.3, 0.4) is 0 Å². The SMILES string of the molecule is CC1(N=C=O)CCCc2c(F)cccc21. The third kappa shape index (κ3) is 1.59. The van der Waals surface area contributed by atoms with Gasteiger partial charge in [0.2, 0.25) is 6.08 Å². The molecule has 0 bridgehead atoms. The highest BCUT2D eigenvalue weighted by Gasteiger charge is 2.32. The van der Waals surface area contributed by atoms with Crippen LogP contribution in [0.5, 0.6) is 0 Å². The van der Waals surface area contributed by atoms with E-state index in [1.165, 1.54) is 6.07 Å². The van der Waals surface area contributed by atoms with Crippen molar-refractivity contribution >= 4 is 6.08 Å². The number of aliphatic imine (C=N–C) groups is 1. The van der Waals surface area contributed by atoms with E-state index in [-0.39, 0.29) is 5.82 Å². The van der Waals surface area contributed by atoms with Crippen molar-refractivity contribution in [2.24, 2.45) is 4.99 Å². The maximum atomic E-state index is 13.5. The maximum Gasteiger partial charge on any atom is 0.235 e. The van der Waals surface area contributed by atoms with Crippen LogP contribution in [0.25, 0.3) is 0 Å². The van der Waals surface area contributed by atoms with Crippen LogP contribution in [0.1, 0.15) is 30.9 Å². The topological polar surface area (TPSA) is 29.4 Å². The molecular formula is C12H12FNO. The minimum atomic E-state index is -0.586. The zero-order valence-electron chi connectivity index (χ0n) is 8.59. The number of carbonyl (C=O) groups excluding carboxylic acids is 1. The highest BCUT2D eigenvalue weighted by atomic mass is 19.1. The van der Waals surface area contributed by atoms with Gasteiger partial charge >= 0.3 is 0 Å². The Labute approximate surface area is 87.8 Å². The summed E-state index contributed by atoms with van der Waals surface area (Å²) >= 11 is 0. The molecule has 0 heterocycles. The van der Waals surface area contributed by atoms with Crippen LogP contribution in [-0.2, 0) is 16.8 Å². The lowest BCUT2D eigenvalue weighted by Gasteiger charge is -2.31. The molecule has 1 aromatic carbocycles. The molecule has 2 nitrogen and oxygen atoms in total. The Balaban J connectivity index is 2.61. The molecule has 0 N–H and O–H groups in total. The molecule has 0 radical (unpaired) electrons. The molecule has 15 heavy (non-hydrogen) atoms. The molecule has 0 aromatic heterocycles. The maximum absolute atomic E-state index is 13.5. The number of hydrogen-bond donors (Lipinski definition) is 0. The zero-order valence-corrected chi connectivity index (χ0v) is 8.59. The Morgan fingerprint density at radius 1 is 1.53 bits per heavy atom. The molecule has 0 fully saturated rings. The van der Waals surface area contributed by atoms with Crippen LogP contribution in [-0.4, -0.2) is 6.08 Å². The van der Waals surface area contributed by atoms with Crippen molar-refractivity contribution in [1.29, 1.82) is 0 Å². The Morgan fingerprint density at radius 2 is 2.33 bits per heavy atom. The van der Waals surface area contributed by atoms with Gasteiger partial charge < -0.3 is 0 Å². The Morgan fingerprint density at radius 3 is 3.07 bits per heavy atom. The van der Waals surface area contributed by atoms with Crippen LogP contribution in [0.2, 0.25) is 0 Å². The summed E-state index contributed by atoms with van der Waals surface area (Å²) in [4.78, 5) is 14.2. The summed E-state index contributed by atoms with van der Waals surface area (Å²) in [6.07, 6.45) is 3.95. The summed E-state index contributed by atoms with van der Waals surface area (Å²) in [5.41, 5.74) is 0.944. The molecule has 78 valence electrons. The van der Waals surface area contributed by atoms with Gasteiger partial charge in [0.05, 0.1) is 5.54 Å². The lowest BCUT2D eigenvalue weighted by molar-refractivity contribution is 0.399. The van der Waals surface area contributed by atoms with E-state index in [0.717, 1.165) is 24.8 Å². The first-order chi connectivity index (χ1) is 7.17. The minimum Gasteiger partial charge on any atom is -0.211 e. The van der Waals surface area contributed by atoms with E-state index in [4.69, 9.17) is 0 Å². The molecular weight excluding hydrogens is 193 g/mol. The van der Waals surface area contributed by atoms with Gasteiger partial charge in [0.15, 0.2) is 0 Å². The van der Waals surface area contributed by atoms with E-state index in [9.17, 15) is 9.18 Å². The average molecular weight is 205 g/mol. The number of hydrogen-bond acceptors (Lipinski definition) is 2. The zero-order chi connectivity index (χ0) is 10.9. The van der Waals surface area contributed by atoms with Crippen LogP contribution in [0, 0.1) is 5.82 Å². The van der Waals surface area contributed by atoms with Crippen LogP contribution in [0.4, 0.5) is 4.39 Å². The molecule has 0 spiro atoms. The van der Waals surface area contributed by atoms with Crippen molar-refractivity contribution in [3.05, 3.63) is 35.1 Å². The molecule has 0 amide bonds. The molecule has 1 aliphatic rings. The van der Waals surface area contributed by atoms with Crippen LogP contribution in [0.15, 0.2) is 23.2 Å². The molecule has 0 aliphatic heterocycles. The number of halogens is 1. The first-order valence-corrected chi connectivity index (χ1v) is 5.04. The van der Waals surface area contributed by atoms with E-state index >= 15 is 0 Å². The smallest absolute Gasteiger partial charge is 0.211 e. The van der Waals surface area contributed by atoms with Gasteiger partial charge in [-0.3, -0.25) is 0 Å². The summed E-state index contributed by atoms with van der Waals surface area (Å²) < 4.78 is 13.5. The van der Waals surface area contributed by atoms with E-state index < -0.39 is 5.54 Å². The van der Waals surface area contributed by atoms with Crippen molar-refractivity contribution < 1.29 is 9.18 Å². The van der Waals surface area contributed by atoms with Gasteiger partial charge in [-0.25, -0.2) is 9.18 Å². The van der Waals surface area contributed by atoms with Gasteiger partial charge in [-0.05, 0) is 43.4 Å². The predicted octanol–water partition coefficient (Wildman–Crippen LogP) is 2.71. The molecule has 0 saturated heterocycles. The molecule has 3 heteroatoms. The monoisotopic (exact) mass is 205 g/mol. The summed E-state index contributed by atoms with van der Waals surface area (Å²) in [6.45, 7) is 1.86. The van der Waals surface area contributed by atoms with Gasteiger partial charge in [-0.15, -0.1) is 0 Å². The molecule has 1 aliphatic carbocycles. The normalized spacial score (nSPS) is 24.1. The third-order valence-electron chi connectivity index (χ3n) is 3.08. The molecule has 1 atom stereocenters. The standard InChI is InChI=1S/C12H12FNO/c1-12(14-8-15)7-3-4-9-10(12)5-2-6-11(9)13/h2,5-6H,3-4,7H2,1H3. The van der Waals surface area contributed by atoms with Crippen LogP contribution >= 0.6 is 0 Å². The van der Waals surface area contributed by atoms with E-state index in [0.29, 0.717) is 5.56 Å². The third-order valence-corrected chi connectivity index (χ3v) is 3.08. The van der Waals surface area contributed by atoms with Crippen LogP contribution < -0.4 is 0 Å². The van der Waals surface area contributed by atoms with Crippen molar-refractivity contribution in [2.45, 2.75) is 31.7 Å². The fraction of sp³-hybridized carbons (Fsp3) is 0.417. The summed E-state index contributed by atoms with van der Waals surface area (Å²) in [6, 6.07) is 4.96. The Kier molecular flexibility index (Phi) is 2.41. The quantitative estimate of drug-likeness (QED) is 0.512. The second-order valence-corrected chi connectivity index (χ2v) is 4.10. The molecule has 2 rings (SSSR count). The fourth-order valence-corrected chi connectivity index (χ4v) is 2.28. The van der Waals surface area contributed by atoms with Gasteiger partial charge in [-0.1, -0.05) is 12.1 Å². The van der Waals surface area contributed by atoms with Gasteiger partial charge in [0, 0.05) is 0 Å². The number of benzene rings is 1. The Hall–Kier alpha value is -1.47. The lowest BCUT2D eigenvalue weighted by Crippen LogP contribution is -2.26.